The lowest BCUT2D eigenvalue weighted by Crippen LogP contribution is -2.38. The summed E-state index contributed by atoms with van der Waals surface area (Å²) in [4.78, 5) is 11.0. The minimum atomic E-state index is -0.514. The van der Waals surface area contributed by atoms with Gasteiger partial charge in [-0.1, -0.05) is 13.8 Å². The molecule has 2 N–H and O–H groups in total. The monoisotopic (exact) mass is 193 g/mol. The molecule has 0 aliphatic rings. The number of carbonyl (C=O) groups excluding carboxylic acids is 1. The number of carbonyl (C=O) groups is 1. The van der Waals surface area contributed by atoms with E-state index in [9.17, 15) is 4.79 Å². The van der Waals surface area contributed by atoms with Crippen molar-refractivity contribution in [3.8, 4) is 0 Å². The highest BCUT2D eigenvalue weighted by Gasteiger charge is 2.18. The molecule has 0 heterocycles. The van der Waals surface area contributed by atoms with Gasteiger partial charge in [0.05, 0.1) is 0 Å². The predicted molar refractivity (Wildman–Crippen MR) is 49.2 cm³/mol. The van der Waals surface area contributed by atoms with Crippen LogP contribution in [-0.4, -0.2) is 29.5 Å². The first kappa shape index (κ1) is 11.7. The Morgan fingerprint density at radius 1 is 1.67 bits per heavy atom. The Balaban J connectivity index is 3.76. The molecule has 0 bridgehead atoms. The van der Waals surface area contributed by atoms with Crippen molar-refractivity contribution in [3.05, 3.63) is 0 Å². The molecule has 0 saturated heterocycles. The number of hydrogen-bond donors (Lipinski definition) is 2. The van der Waals surface area contributed by atoms with Crippen molar-refractivity contribution in [2.24, 2.45) is 5.41 Å². The number of amides is 1. The molecule has 0 aromatic carbocycles. The Bertz CT molecular complexity index is 157. The highest BCUT2D eigenvalue weighted by atomic mass is 35.5. The van der Waals surface area contributed by atoms with Crippen LogP contribution in [0.2, 0.25) is 0 Å². The van der Waals surface area contributed by atoms with Crippen molar-refractivity contribution >= 4 is 17.5 Å². The van der Waals surface area contributed by atoms with Gasteiger partial charge in [-0.3, -0.25) is 4.79 Å². The number of aliphatic hydroxyl groups is 1. The average Bonchev–Trinajstić information content (AvgIpc) is 2.00. The molecule has 0 radical (unpaired) electrons. The third-order valence-electron chi connectivity index (χ3n) is 1.53. The van der Waals surface area contributed by atoms with E-state index in [0.717, 1.165) is 0 Å². The maximum atomic E-state index is 11.0. The summed E-state index contributed by atoms with van der Waals surface area (Å²) in [5.74, 6) is -0.196. The van der Waals surface area contributed by atoms with Gasteiger partial charge >= 0.3 is 0 Å². The van der Waals surface area contributed by atoms with Crippen LogP contribution < -0.4 is 5.32 Å². The number of alkyl halides is 1. The lowest BCUT2D eigenvalue weighted by atomic mass is 9.95. The molecule has 72 valence electrons. The van der Waals surface area contributed by atoms with E-state index >= 15 is 0 Å². The first-order valence-corrected chi connectivity index (χ1v) is 4.35. The molecular weight excluding hydrogens is 178 g/mol. The fraction of sp³-hybridized carbons (Fsp3) is 0.875. The van der Waals surface area contributed by atoms with E-state index in [4.69, 9.17) is 16.7 Å². The van der Waals surface area contributed by atoms with Crippen LogP contribution in [0.25, 0.3) is 0 Å². The summed E-state index contributed by atoms with van der Waals surface area (Å²) in [5.41, 5.74) is -0.276. The fourth-order valence-electron chi connectivity index (χ4n) is 0.523. The van der Waals surface area contributed by atoms with Crippen LogP contribution in [-0.2, 0) is 4.79 Å². The molecule has 1 atom stereocenters. The molecule has 0 saturated carbocycles. The molecule has 12 heavy (non-hydrogen) atoms. The van der Waals surface area contributed by atoms with E-state index in [1.54, 1.807) is 6.92 Å². The summed E-state index contributed by atoms with van der Waals surface area (Å²) in [6, 6.07) is 0. The summed E-state index contributed by atoms with van der Waals surface area (Å²) in [7, 11) is 0. The number of rotatable bonds is 4. The lowest BCUT2D eigenvalue weighted by Gasteiger charge is -2.22. The smallest absolute Gasteiger partial charge is 0.237 e. The summed E-state index contributed by atoms with van der Waals surface area (Å²) in [6.07, 6.45) is 0. The number of aliphatic hydroxyl groups excluding tert-OH is 1. The van der Waals surface area contributed by atoms with E-state index in [1.165, 1.54) is 0 Å². The third kappa shape index (κ3) is 4.57. The molecule has 0 rings (SSSR count). The highest BCUT2D eigenvalue weighted by Crippen LogP contribution is 2.11. The Labute approximate surface area is 78.1 Å². The topological polar surface area (TPSA) is 49.3 Å². The third-order valence-corrected chi connectivity index (χ3v) is 1.73. The fourth-order valence-corrected chi connectivity index (χ4v) is 0.600. The molecule has 0 aromatic heterocycles. The van der Waals surface area contributed by atoms with Crippen LogP contribution in [0.5, 0.6) is 0 Å². The van der Waals surface area contributed by atoms with Crippen molar-refractivity contribution in [1.82, 2.24) is 5.32 Å². The Kier molecular flexibility index (Phi) is 4.57. The van der Waals surface area contributed by atoms with Crippen LogP contribution in [0.15, 0.2) is 0 Å². The van der Waals surface area contributed by atoms with Gasteiger partial charge in [0.15, 0.2) is 0 Å². The van der Waals surface area contributed by atoms with Crippen LogP contribution >= 0.6 is 11.6 Å². The summed E-state index contributed by atoms with van der Waals surface area (Å²) in [6.45, 7) is 5.84. The minimum absolute atomic E-state index is 0.0456. The SMILES string of the molecule is CC(Cl)C(=O)NCC(C)(C)CO. The van der Waals surface area contributed by atoms with Crippen molar-refractivity contribution in [1.29, 1.82) is 0 Å². The zero-order valence-electron chi connectivity index (χ0n) is 7.72. The van der Waals surface area contributed by atoms with Gasteiger partial charge in [0.2, 0.25) is 5.91 Å². The lowest BCUT2D eigenvalue weighted by molar-refractivity contribution is -0.121. The van der Waals surface area contributed by atoms with E-state index in [-0.39, 0.29) is 17.9 Å². The summed E-state index contributed by atoms with van der Waals surface area (Å²) in [5, 5.41) is 11.0. The van der Waals surface area contributed by atoms with Crippen LogP contribution in [0.1, 0.15) is 20.8 Å². The van der Waals surface area contributed by atoms with Crippen LogP contribution in [0, 0.1) is 5.41 Å². The first-order chi connectivity index (χ1) is 5.39. The van der Waals surface area contributed by atoms with Gasteiger partial charge < -0.3 is 10.4 Å². The quantitative estimate of drug-likeness (QED) is 0.648. The van der Waals surface area contributed by atoms with Gasteiger partial charge in [-0.25, -0.2) is 0 Å². The van der Waals surface area contributed by atoms with Crippen LogP contribution in [0.4, 0.5) is 0 Å². The van der Waals surface area contributed by atoms with E-state index < -0.39 is 5.38 Å². The van der Waals surface area contributed by atoms with E-state index in [1.807, 2.05) is 13.8 Å². The predicted octanol–water partition coefficient (Wildman–Crippen LogP) is 0.748. The molecule has 1 amide bonds. The first-order valence-electron chi connectivity index (χ1n) is 3.92. The second-order valence-electron chi connectivity index (χ2n) is 3.66. The van der Waals surface area contributed by atoms with Crippen molar-refractivity contribution in [2.75, 3.05) is 13.2 Å². The zero-order valence-corrected chi connectivity index (χ0v) is 8.48. The van der Waals surface area contributed by atoms with Gasteiger partial charge in [0.1, 0.15) is 5.38 Å². The number of nitrogens with one attached hydrogen (secondary N) is 1. The second kappa shape index (κ2) is 4.67. The van der Waals surface area contributed by atoms with Gasteiger partial charge in [0, 0.05) is 18.6 Å². The van der Waals surface area contributed by atoms with Crippen molar-refractivity contribution in [3.63, 3.8) is 0 Å². The highest BCUT2D eigenvalue weighted by molar-refractivity contribution is 6.30. The summed E-state index contributed by atoms with van der Waals surface area (Å²) >= 11 is 5.53. The van der Waals surface area contributed by atoms with Gasteiger partial charge in [-0.2, -0.15) is 0 Å². The second-order valence-corrected chi connectivity index (χ2v) is 4.31. The van der Waals surface area contributed by atoms with Gasteiger partial charge in [-0.15, -0.1) is 11.6 Å². The molecule has 3 nitrogen and oxygen atoms in total. The van der Waals surface area contributed by atoms with Crippen LogP contribution in [0.3, 0.4) is 0 Å². The molecule has 4 heteroatoms. The standard InChI is InChI=1S/C8H16ClNO2/c1-6(9)7(12)10-4-8(2,3)5-11/h6,11H,4-5H2,1-3H3,(H,10,12). The molecule has 0 aromatic rings. The van der Waals surface area contributed by atoms with Crippen molar-refractivity contribution in [2.45, 2.75) is 26.1 Å². The normalized spacial score (nSPS) is 14.1. The Morgan fingerprint density at radius 2 is 2.17 bits per heavy atom. The van der Waals surface area contributed by atoms with Crippen molar-refractivity contribution < 1.29 is 9.90 Å². The maximum absolute atomic E-state index is 11.0. The largest absolute Gasteiger partial charge is 0.396 e. The average molecular weight is 194 g/mol. The van der Waals surface area contributed by atoms with Gasteiger partial charge in [-0.05, 0) is 6.92 Å². The molecule has 0 fully saturated rings. The molecule has 0 aliphatic carbocycles. The maximum Gasteiger partial charge on any atom is 0.237 e. The summed E-state index contributed by atoms with van der Waals surface area (Å²) < 4.78 is 0. The molecule has 1 unspecified atom stereocenters. The van der Waals surface area contributed by atoms with Gasteiger partial charge in [0.25, 0.3) is 0 Å². The van der Waals surface area contributed by atoms with E-state index in [0.29, 0.717) is 6.54 Å². The zero-order chi connectivity index (χ0) is 9.78. The van der Waals surface area contributed by atoms with E-state index in [2.05, 4.69) is 5.32 Å². The molecule has 0 spiro atoms. The minimum Gasteiger partial charge on any atom is -0.396 e. The number of halogens is 1. The molecular formula is C8H16ClNO2. The molecule has 0 aliphatic heterocycles. The Morgan fingerprint density at radius 3 is 2.50 bits per heavy atom. The Hall–Kier alpha value is -0.280. The number of hydrogen-bond acceptors (Lipinski definition) is 2.